The van der Waals surface area contributed by atoms with Crippen molar-refractivity contribution in [3.05, 3.63) is 72.8 Å². The molecule has 25 heavy (non-hydrogen) atoms. The maximum atomic E-state index is 11.5. The van der Waals surface area contributed by atoms with E-state index in [0.717, 1.165) is 9.79 Å². The van der Waals surface area contributed by atoms with Crippen LogP contribution in [0.1, 0.15) is 13.8 Å². The van der Waals surface area contributed by atoms with Crippen LogP contribution in [0.5, 0.6) is 11.5 Å². The second-order valence-electron chi connectivity index (χ2n) is 5.38. The summed E-state index contributed by atoms with van der Waals surface area (Å²) < 4.78 is 10.3. The molecule has 0 saturated carbocycles. The SMILES string of the molecule is C=C(C)C(=O)Oc1ccc(Sc2ccc(OC(=O)C(=C)C)cc2)cc1. The second kappa shape index (κ2) is 8.35. The van der Waals surface area contributed by atoms with Crippen molar-refractivity contribution in [1.82, 2.24) is 0 Å². The van der Waals surface area contributed by atoms with Gasteiger partial charge in [-0.3, -0.25) is 0 Å². The van der Waals surface area contributed by atoms with Gasteiger partial charge in [-0.15, -0.1) is 0 Å². The first-order chi connectivity index (χ1) is 11.8. The number of carbonyl (C=O) groups is 2. The van der Waals surface area contributed by atoms with Crippen LogP contribution in [0.15, 0.2) is 82.6 Å². The van der Waals surface area contributed by atoms with Gasteiger partial charge in [-0.2, -0.15) is 0 Å². The Morgan fingerprint density at radius 1 is 0.720 bits per heavy atom. The number of ether oxygens (including phenoxy) is 2. The van der Waals surface area contributed by atoms with Gasteiger partial charge in [-0.05, 0) is 62.4 Å². The van der Waals surface area contributed by atoms with Crippen molar-refractivity contribution >= 4 is 23.7 Å². The van der Waals surface area contributed by atoms with E-state index in [-0.39, 0.29) is 0 Å². The smallest absolute Gasteiger partial charge is 0.338 e. The molecule has 0 aliphatic heterocycles. The average molecular weight is 354 g/mol. The fraction of sp³-hybridized carbons (Fsp3) is 0.100. The molecule has 0 bridgehead atoms. The van der Waals surface area contributed by atoms with Gasteiger partial charge < -0.3 is 9.47 Å². The van der Waals surface area contributed by atoms with Crippen LogP contribution in [-0.2, 0) is 9.59 Å². The molecule has 0 saturated heterocycles. The molecule has 0 N–H and O–H groups in total. The van der Waals surface area contributed by atoms with Crippen molar-refractivity contribution < 1.29 is 19.1 Å². The quantitative estimate of drug-likeness (QED) is 0.424. The molecule has 0 unspecified atom stereocenters. The zero-order valence-corrected chi connectivity index (χ0v) is 14.9. The summed E-state index contributed by atoms with van der Waals surface area (Å²) in [6.07, 6.45) is 0. The van der Waals surface area contributed by atoms with E-state index in [0.29, 0.717) is 22.6 Å². The molecule has 0 fully saturated rings. The highest BCUT2D eigenvalue weighted by Crippen LogP contribution is 2.30. The Kier molecular flexibility index (Phi) is 6.19. The van der Waals surface area contributed by atoms with Crippen LogP contribution in [0, 0.1) is 0 Å². The van der Waals surface area contributed by atoms with Crippen molar-refractivity contribution in [2.24, 2.45) is 0 Å². The second-order valence-corrected chi connectivity index (χ2v) is 6.53. The molecular formula is C20H18O4S. The summed E-state index contributed by atoms with van der Waals surface area (Å²) in [5, 5.41) is 0. The topological polar surface area (TPSA) is 52.6 Å². The number of benzene rings is 2. The Morgan fingerprint density at radius 2 is 1.04 bits per heavy atom. The maximum Gasteiger partial charge on any atom is 0.338 e. The molecule has 128 valence electrons. The van der Waals surface area contributed by atoms with Gasteiger partial charge in [0, 0.05) is 20.9 Å². The lowest BCUT2D eigenvalue weighted by Crippen LogP contribution is -2.07. The molecule has 2 aromatic carbocycles. The molecular weight excluding hydrogens is 336 g/mol. The standard InChI is InChI=1S/C20H18O4S/c1-13(2)19(21)23-15-5-9-17(10-6-15)25-18-11-7-16(8-12-18)24-20(22)14(3)4/h5-12H,1,3H2,2,4H3. The maximum absolute atomic E-state index is 11.5. The van der Waals surface area contributed by atoms with E-state index in [4.69, 9.17) is 9.47 Å². The summed E-state index contributed by atoms with van der Waals surface area (Å²) >= 11 is 1.54. The van der Waals surface area contributed by atoms with Crippen LogP contribution in [0.25, 0.3) is 0 Å². The minimum Gasteiger partial charge on any atom is -0.423 e. The predicted octanol–water partition coefficient (Wildman–Crippen LogP) is 4.80. The summed E-state index contributed by atoms with van der Waals surface area (Å²) in [5.74, 6) is 0.0550. The van der Waals surface area contributed by atoms with Gasteiger partial charge >= 0.3 is 11.9 Å². The number of rotatable bonds is 6. The lowest BCUT2D eigenvalue weighted by molar-refractivity contribution is -0.130. The first kappa shape index (κ1) is 18.5. The number of hydrogen-bond donors (Lipinski definition) is 0. The Labute approximate surface area is 151 Å². The van der Waals surface area contributed by atoms with Gasteiger partial charge in [0.2, 0.25) is 0 Å². The molecule has 0 aliphatic rings. The van der Waals surface area contributed by atoms with Crippen LogP contribution in [-0.4, -0.2) is 11.9 Å². The van der Waals surface area contributed by atoms with E-state index in [9.17, 15) is 9.59 Å². The van der Waals surface area contributed by atoms with E-state index in [1.807, 2.05) is 24.3 Å². The summed E-state index contributed by atoms with van der Waals surface area (Å²) in [6, 6.07) is 14.4. The molecule has 2 rings (SSSR count). The predicted molar refractivity (Wildman–Crippen MR) is 97.9 cm³/mol. The first-order valence-corrected chi connectivity index (χ1v) is 8.30. The van der Waals surface area contributed by atoms with E-state index < -0.39 is 11.9 Å². The van der Waals surface area contributed by atoms with E-state index in [2.05, 4.69) is 13.2 Å². The molecule has 5 heteroatoms. The fourth-order valence-corrected chi connectivity index (χ4v) is 2.49. The van der Waals surface area contributed by atoms with Crippen LogP contribution in [0.3, 0.4) is 0 Å². The van der Waals surface area contributed by atoms with Crippen molar-refractivity contribution in [3.8, 4) is 11.5 Å². The highest BCUT2D eigenvalue weighted by molar-refractivity contribution is 7.99. The van der Waals surface area contributed by atoms with Gasteiger partial charge in [0.1, 0.15) is 11.5 Å². The van der Waals surface area contributed by atoms with Gasteiger partial charge in [-0.1, -0.05) is 24.9 Å². The third kappa shape index (κ3) is 5.65. The number of carbonyl (C=O) groups excluding carboxylic acids is 2. The molecule has 2 aromatic rings. The van der Waals surface area contributed by atoms with Gasteiger partial charge in [-0.25, -0.2) is 9.59 Å². The largest absolute Gasteiger partial charge is 0.423 e. The fourth-order valence-electron chi connectivity index (χ4n) is 1.68. The Morgan fingerprint density at radius 3 is 1.32 bits per heavy atom. The van der Waals surface area contributed by atoms with Gasteiger partial charge in [0.15, 0.2) is 0 Å². The zero-order chi connectivity index (χ0) is 18.4. The summed E-state index contributed by atoms with van der Waals surface area (Å²) in [5.41, 5.74) is 0.705. The summed E-state index contributed by atoms with van der Waals surface area (Å²) in [7, 11) is 0. The van der Waals surface area contributed by atoms with Crippen molar-refractivity contribution in [2.75, 3.05) is 0 Å². The lowest BCUT2D eigenvalue weighted by atomic mass is 10.3. The van der Waals surface area contributed by atoms with E-state index in [1.165, 1.54) is 11.8 Å². The highest BCUT2D eigenvalue weighted by atomic mass is 32.2. The van der Waals surface area contributed by atoms with Crippen LogP contribution < -0.4 is 9.47 Å². The molecule has 0 amide bonds. The summed E-state index contributed by atoms with van der Waals surface area (Å²) in [4.78, 5) is 24.9. The molecule has 0 heterocycles. The minimum atomic E-state index is -0.444. The summed E-state index contributed by atoms with van der Waals surface area (Å²) in [6.45, 7) is 10.3. The monoisotopic (exact) mass is 354 g/mol. The Balaban J connectivity index is 1.98. The third-order valence-corrected chi connectivity index (χ3v) is 4.02. The van der Waals surface area contributed by atoms with E-state index >= 15 is 0 Å². The molecule has 0 atom stereocenters. The molecule has 0 radical (unpaired) electrons. The number of hydrogen-bond acceptors (Lipinski definition) is 5. The minimum absolute atomic E-state index is 0.353. The first-order valence-electron chi connectivity index (χ1n) is 7.48. The highest BCUT2D eigenvalue weighted by Gasteiger charge is 2.07. The van der Waals surface area contributed by atoms with E-state index in [1.54, 1.807) is 38.1 Å². The van der Waals surface area contributed by atoms with Crippen LogP contribution in [0.2, 0.25) is 0 Å². The van der Waals surface area contributed by atoms with Gasteiger partial charge in [0.25, 0.3) is 0 Å². The molecule has 0 aliphatic carbocycles. The molecule has 0 spiro atoms. The third-order valence-electron chi connectivity index (χ3n) is 3.00. The number of esters is 2. The molecule has 0 aromatic heterocycles. The van der Waals surface area contributed by atoms with Crippen molar-refractivity contribution in [2.45, 2.75) is 23.6 Å². The van der Waals surface area contributed by atoms with Crippen molar-refractivity contribution in [3.63, 3.8) is 0 Å². The van der Waals surface area contributed by atoms with Crippen LogP contribution >= 0.6 is 11.8 Å². The average Bonchev–Trinajstić information content (AvgIpc) is 2.58. The van der Waals surface area contributed by atoms with Crippen molar-refractivity contribution in [1.29, 1.82) is 0 Å². The van der Waals surface area contributed by atoms with Crippen LogP contribution in [0.4, 0.5) is 0 Å². The molecule has 4 nitrogen and oxygen atoms in total. The Hall–Kier alpha value is -2.79. The zero-order valence-electron chi connectivity index (χ0n) is 14.1. The Bertz CT molecular complexity index is 735. The van der Waals surface area contributed by atoms with Gasteiger partial charge in [0.05, 0.1) is 0 Å². The normalized spacial score (nSPS) is 10.0. The lowest BCUT2D eigenvalue weighted by Gasteiger charge is -2.07.